The highest BCUT2D eigenvalue weighted by molar-refractivity contribution is 4.83. The van der Waals surface area contributed by atoms with E-state index in [0.29, 0.717) is 5.41 Å². The Kier molecular flexibility index (Phi) is 5.95. The van der Waals surface area contributed by atoms with Crippen LogP contribution in [0.1, 0.15) is 85.5 Å². The average molecular weight is 280 g/mol. The highest BCUT2D eigenvalue weighted by atomic mass is 14.9. The van der Waals surface area contributed by atoms with Crippen LogP contribution in [-0.2, 0) is 0 Å². The van der Waals surface area contributed by atoms with Gasteiger partial charge in [-0.3, -0.25) is 0 Å². The van der Waals surface area contributed by atoms with E-state index in [-0.39, 0.29) is 0 Å². The summed E-state index contributed by atoms with van der Waals surface area (Å²) < 4.78 is 0. The fourth-order valence-corrected chi connectivity index (χ4v) is 4.34. The van der Waals surface area contributed by atoms with Gasteiger partial charge >= 0.3 is 0 Å². The van der Waals surface area contributed by atoms with E-state index in [2.05, 4.69) is 33.0 Å². The van der Waals surface area contributed by atoms with E-state index in [4.69, 9.17) is 0 Å². The van der Waals surface area contributed by atoms with Crippen LogP contribution in [0.3, 0.4) is 0 Å². The maximum absolute atomic E-state index is 3.89. The molecule has 0 heterocycles. The molecule has 1 nitrogen and oxygen atoms in total. The Balaban J connectivity index is 1.62. The Morgan fingerprint density at radius 2 is 1.35 bits per heavy atom. The molecule has 2 aliphatic rings. The van der Waals surface area contributed by atoms with Crippen molar-refractivity contribution in [2.75, 3.05) is 6.54 Å². The van der Waals surface area contributed by atoms with Gasteiger partial charge < -0.3 is 5.32 Å². The summed E-state index contributed by atoms with van der Waals surface area (Å²) >= 11 is 0. The zero-order valence-electron chi connectivity index (χ0n) is 14.4. The predicted molar refractivity (Wildman–Crippen MR) is 88.9 cm³/mol. The van der Waals surface area contributed by atoms with Gasteiger partial charge in [0.05, 0.1) is 0 Å². The third-order valence-corrected chi connectivity index (χ3v) is 6.19. The second kappa shape index (κ2) is 7.29. The van der Waals surface area contributed by atoms with Gasteiger partial charge in [0.25, 0.3) is 0 Å². The van der Waals surface area contributed by atoms with Crippen molar-refractivity contribution >= 4 is 0 Å². The van der Waals surface area contributed by atoms with Crippen LogP contribution in [0.25, 0.3) is 0 Å². The average Bonchev–Trinajstić information content (AvgIpc) is 2.45. The lowest BCUT2D eigenvalue weighted by atomic mass is 9.70. The van der Waals surface area contributed by atoms with E-state index >= 15 is 0 Å². The van der Waals surface area contributed by atoms with Gasteiger partial charge in [-0.1, -0.05) is 34.1 Å². The molecule has 0 radical (unpaired) electrons. The van der Waals surface area contributed by atoms with E-state index < -0.39 is 0 Å². The van der Waals surface area contributed by atoms with Crippen LogP contribution in [0.15, 0.2) is 0 Å². The molecular weight excluding hydrogens is 242 g/mol. The molecule has 0 aromatic rings. The summed E-state index contributed by atoms with van der Waals surface area (Å²) in [5.74, 6) is 2.94. The van der Waals surface area contributed by atoms with Gasteiger partial charge in [0, 0.05) is 6.04 Å². The number of rotatable bonds is 4. The van der Waals surface area contributed by atoms with Crippen molar-refractivity contribution in [3.8, 4) is 0 Å². The van der Waals surface area contributed by atoms with E-state index in [1.54, 1.807) is 0 Å². The van der Waals surface area contributed by atoms with E-state index in [9.17, 15) is 0 Å². The predicted octanol–water partition coefficient (Wildman–Crippen LogP) is 5.40. The molecule has 0 aromatic carbocycles. The second-order valence-electron chi connectivity index (χ2n) is 8.62. The minimum atomic E-state index is 0.525. The van der Waals surface area contributed by atoms with Crippen molar-refractivity contribution in [1.82, 2.24) is 5.32 Å². The summed E-state index contributed by atoms with van der Waals surface area (Å²) in [6.07, 6.45) is 13.0. The van der Waals surface area contributed by atoms with E-state index in [0.717, 1.165) is 23.8 Å². The van der Waals surface area contributed by atoms with Gasteiger partial charge in [0.15, 0.2) is 0 Å². The second-order valence-corrected chi connectivity index (χ2v) is 8.62. The summed E-state index contributed by atoms with van der Waals surface area (Å²) in [5.41, 5.74) is 0.525. The van der Waals surface area contributed by atoms with Crippen LogP contribution in [0.4, 0.5) is 0 Å². The Bertz CT molecular complexity index is 262. The normalized spacial score (nSPS) is 36.0. The van der Waals surface area contributed by atoms with Crippen LogP contribution in [0.5, 0.6) is 0 Å². The molecule has 20 heavy (non-hydrogen) atoms. The largest absolute Gasteiger partial charge is 0.314 e. The lowest BCUT2D eigenvalue weighted by Crippen LogP contribution is -2.38. The molecule has 0 aliphatic heterocycles. The Morgan fingerprint density at radius 3 is 1.85 bits per heavy atom. The van der Waals surface area contributed by atoms with E-state index in [1.807, 2.05) is 0 Å². The van der Waals surface area contributed by atoms with Crippen LogP contribution >= 0.6 is 0 Å². The van der Waals surface area contributed by atoms with Crippen LogP contribution in [0.2, 0.25) is 0 Å². The minimum absolute atomic E-state index is 0.525. The Morgan fingerprint density at radius 1 is 0.800 bits per heavy atom. The topological polar surface area (TPSA) is 12.0 Å². The smallest absolute Gasteiger partial charge is 0.00673 e. The maximum Gasteiger partial charge on any atom is 0.00673 e. The summed E-state index contributed by atoms with van der Waals surface area (Å²) in [4.78, 5) is 0. The monoisotopic (exact) mass is 279 g/mol. The molecule has 2 aliphatic carbocycles. The molecule has 0 unspecified atom stereocenters. The van der Waals surface area contributed by atoms with E-state index in [1.165, 1.54) is 64.3 Å². The summed E-state index contributed by atoms with van der Waals surface area (Å²) in [7, 11) is 0. The highest BCUT2D eigenvalue weighted by Gasteiger charge is 2.30. The lowest BCUT2D eigenvalue weighted by Gasteiger charge is -2.38. The number of hydrogen-bond donors (Lipinski definition) is 1. The molecule has 118 valence electrons. The van der Waals surface area contributed by atoms with Crippen molar-refractivity contribution in [1.29, 1.82) is 0 Å². The van der Waals surface area contributed by atoms with Crippen molar-refractivity contribution in [2.45, 2.75) is 91.5 Å². The molecule has 0 bridgehead atoms. The van der Waals surface area contributed by atoms with Crippen LogP contribution in [-0.4, -0.2) is 12.6 Å². The van der Waals surface area contributed by atoms with Crippen molar-refractivity contribution in [3.05, 3.63) is 0 Å². The summed E-state index contributed by atoms with van der Waals surface area (Å²) in [6.45, 7) is 10.9. The molecule has 0 amide bonds. The molecule has 2 fully saturated rings. The summed E-state index contributed by atoms with van der Waals surface area (Å²) in [6, 6.07) is 0.832. The SMILES string of the molecule is CCC1CCC(NCC2CCC(C(C)(C)C)CC2)CC1. The van der Waals surface area contributed by atoms with Gasteiger partial charge in [-0.15, -0.1) is 0 Å². The zero-order chi connectivity index (χ0) is 14.6. The van der Waals surface area contributed by atoms with Gasteiger partial charge in [0.2, 0.25) is 0 Å². The molecule has 1 heteroatoms. The number of nitrogens with one attached hydrogen (secondary N) is 1. The summed E-state index contributed by atoms with van der Waals surface area (Å²) in [5, 5.41) is 3.89. The molecule has 0 aromatic heterocycles. The standard InChI is InChI=1S/C19H37N/c1-5-15-8-12-18(13-9-15)20-14-16-6-10-17(11-7-16)19(2,3)4/h15-18,20H,5-14H2,1-4H3. The first-order valence-electron chi connectivity index (χ1n) is 9.22. The molecule has 0 spiro atoms. The maximum atomic E-state index is 3.89. The third kappa shape index (κ3) is 4.76. The van der Waals surface area contributed by atoms with Crippen molar-refractivity contribution in [3.63, 3.8) is 0 Å². The Hall–Kier alpha value is -0.0400. The van der Waals surface area contributed by atoms with Crippen molar-refractivity contribution < 1.29 is 0 Å². The number of hydrogen-bond acceptors (Lipinski definition) is 1. The third-order valence-electron chi connectivity index (χ3n) is 6.19. The first-order valence-corrected chi connectivity index (χ1v) is 9.22. The molecule has 0 atom stereocenters. The first-order chi connectivity index (χ1) is 9.49. The van der Waals surface area contributed by atoms with Crippen LogP contribution in [0, 0.1) is 23.2 Å². The minimum Gasteiger partial charge on any atom is -0.314 e. The quantitative estimate of drug-likeness (QED) is 0.727. The lowest BCUT2D eigenvalue weighted by molar-refractivity contribution is 0.145. The van der Waals surface area contributed by atoms with Gasteiger partial charge in [-0.25, -0.2) is 0 Å². The van der Waals surface area contributed by atoms with Gasteiger partial charge in [0.1, 0.15) is 0 Å². The van der Waals surface area contributed by atoms with Gasteiger partial charge in [-0.05, 0) is 81.1 Å². The molecule has 1 N–H and O–H groups in total. The first kappa shape index (κ1) is 16.3. The Labute approximate surface area is 127 Å². The fraction of sp³-hybridized carbons (Fsp3) is 1.00. The van der Waals surface area contributed by atoms with Crippen molar-refractivity contribution in [2.24, 2.45) is 23.2 Å². The fourth-order valence-electron chi connectivity index (χ4n) is 4.34. The highest BCUT2D eigenvalue weighted by Crippen LogP contribution is 2.39. The van der Waals surface area contributed by atoms with Crippen LogP contribution < -0.4 is 5.32 Å². The molecular formula is C19H37N. The zero-order valence-corrected chi connectivity index (χ0v) is 14.4. The molecule has 2 saturated carbocycles. The van der Waals surface area contributed by atoms with Gasteiger partial charge in [-0.2, -0.15) is 0 Å². The molecule has 2 rings (SSSR count). The molecule has 0 saturated heterocycles.